The molecule has 2 unspecified atom stereocenters. The molecular formula is C11H16N2O3S. The third-order valence-electron chi connectivity index (χ3n) is 2.94. The third-order valence-corrected chi connectivity index (χ3v) is 3.85. The number of thiazole rings is 1. The van der Waals surface area contributed by atoms with Crippen LogP contribution >= 0.6 is 11.3 Å². The van der Waals surface area contributed by atoms with Crippen molar-refractivity contribution in [2.24, 2.45) is 0 Å². The topological polar surface area (TPSA) is 51.7 Å². The standard InChI is InChI=1S/C11H16N2O3S/c1-7(14)8-6-17-11(12-8)13-4-9(15-2)10(5-13)16-3/h6,9-10H,4-5H2,1-3H3. The summed E-state index contributed by atoms with van der Waals surface area (Å²) < 4.78 is 10.7. The van der Waals surface area contributed by atoms with Crippen LogP contribution in [0.1, 0.15) is 17.4 Å². The zero-order valence-corrected chi connectivity index (χ0v) is 11.0. The maximum absolute atomic E-state index is 11.2. The first-order chi connectivity index (χ1) is 8.15. The number of rotatable bonds is 4. The number of carbonyl (C=O) groups excluding carboxylic acids is 1. The monoisotopic (exact) mass is 256 g/mol. The molecule has 0 aliphatic carbocycles. The molecule has 0 spiro atoms. The van der Waals surface area contributed by atoms with Gasteiger partial charge in [0.05, 0.1) is 0 Å². The molecule has 0 N–H and O–H groups in total. The van der Waals surface area contributed by atoms with Gasteiger partial charge >= 0.3 is 0 Å². The summed E-state index contributed by atoms with van der Waals surface area (Å²) in [4.78, 5) is 17.6. The minimum Gasteiger partial charge on any atom is -0.377 e. The maximum atomic E-state index is 11.2. The van der Waals surface area contributed by atoms with Crippen LogP contribution in [0.2, 0.25) is 0 Å². The Hall–Kier alpha value is -0.980. The highest BCUT2D eigenvalue weighted by atomic mass is 32.1. The van der Waals surface area contributed by atoms with Crippen molar-refractivity contribution in [3.05, 3.63) is 11.1 Å². The van der Waals surface area contributed by atoms with E-state index in [4.69, 9.17) is 9.47 Å². The van der Waals surface area contributed by atoms with Gasteiger partial charge in [0.2, 0.25) is 0 Å². The Morgan fingerprint density at radius 1 is 1.41 bits per heavy atom. The lowest BCUT2D eigenvalue weighted by atomic mass is 10.3. The number of ketones is 1. The van der Waals surface area contributed by atoms with Gasteiger partial charge in [-0.1, -0.05) is 0 Å². The molecule has 17 heavy (non-hydrogen) atoms. The van der Waals surface area contributed by atoms with Crippen molar-refractivity contribution in [1.29, 1.82) is 0 Å². The van der Waals surface area contributed by atoms with Crippen molar-refractivity contribution >= 4 is 22.3 Å². The van der Waals surface area contributed by atoms with Crippen molar-refractivity contribution in [3.8, 4) is 0 Å². The second kappa shape index (κ2) is 5.12. The van der Waals surface area contributed by atoms with E-state index in [1.165, 1.54) is 18.3 Å². The van der Waals surface area contributed by atoms with Gasteiger partial charge in [0.25, 0.3) is 0 Å². The molecule has 1 aliphatic rings. The summed E-state index contributed by atoms with van der Waals surface area (Å²) in [6, 6.07) is 0. The van der Waals surface area contributed by atoms with Crippen molar-refractivity contribution in [2.75, 3.05) is 32.2 Å². The number of nitrogens with zero attached hydrogens (tertiary/aromatic N) is 2. The number of hydrogen-bond donors (Lipinski definition) is 0. The highest BCUT2D eigenvalue weighted by Gasteiger charge is 2.34. The molecule has 2 rings (SSSR count). The fourth-order valence-corrected chi connectivity index (χ4v) is 2.81. The lowest BCUT2D eigenvalue weighted by molar-refractivity contribution is -0.00461. The van der Waals surface area contributed by atoms with Crippen molar-refractivity contribution in [3.63, 3.8) is 0 Å². The van der Waals surface area contributed by atoms with Gasteiger partial charge in [-0.25, -0.2) is 4.98 Å². The molecule has 0 amide bonds. The van der Waals surface area contributed by atoms with Crippen LogP contribution in [0.25, 0.3) is 0 Å². The first-order valence-corrected chi connectivity index (χ1v) is 6.30. The molecular weight excluding hydrogens is 240 g/mol. The molecule has 5 nitrogen and oxygen atoms in total. The van der Waals surface area contributed by atoms with Crippen LogP contribution in [0.3, 0.4) is 0 Å². The Morgan fingerprint density at radius 3 is 2.41 bits per heavy atom. The number of Topliss-reactive ketones (excluding diaryl/α,β-unsaturated/α-hetero) is 1. The van der Waals surface area contributed by atoms with Crippen molar-refractivity contribution in [1.82, 2.24) is 4.98 Å². The number of ether oxygens (including phenoxy) is 2. The average Bonchev–Trinajstić information content (AvgIpc) is 2.94. The molecule has 6 heteroatoms. The molecule has 0 bridgehead atoms. The van der Waals surface area contributed by atoms with E-state index in [-0.39, 0.29) is 18.0 Å². The molecule has 1 aromatic rings. The van der Waals surface area contributed by atoms with Crippen LogP contribution in [-0.4, -0.2) is 50.3 Å². The van der Waals surface area contributed by atoms with E-state index in [0.29, 0.717) is 5.69 Å². The molecule has 0 radical (unpaired) electrons. The quantitative estimate of drug-likeness (QED) is 0.758. The highest BCUT2D eigenvalue weighted by molar-refractivity contribution is 7.13. The van der Waals surface area contributed by atoms with Crippen molar-refractivity contribution in [2.45, 2.75) is 19.1 Å². The summed E-state index contributed by atoms with van der Waals surface area (Å²) in [5, 5.41) is 2.65. The molecule has 1 fully saturated rings. The molecule has 0 aromatic carbocycles. The molecule has 1 aliphatic heterocycles. The maximum Gasteiger partial charge on any atom is 0.186 e. The predicted molar refractivity (Wildman–Crippen MR) is 65.9 cm³/mol. The van der Waals surface area contributed by atoms with Gasteiger partial charge in [-0.05, 0) is 0 Å². The average molecular weight is 256 g/mol. The number of methoxy groups -OCH3 is 2. The predicted octanol–water partition coefficient (Wildman–Crippen LogP) is 1.20. The molecule has 1 aromatic heterocycles. The number of carbonyl (C=O) groups is 1. The Labute approximate surface area is 104 Å². The van der Waals surface area contributed by atoms with Gasteiger partial charge in [0.15, 0.2) is 10.9 Å². The fraction of sp³-hybridized carbons (Fsp3) is 0.636. The number of hydrogen-bond acceptors (Lipinski definition) is 6. The minimum atomic E-state index is -0.00159. The van der Waals surface area contributed by atoms with E-state index in [1.54, 1.807) is 19.6 Å². The smallest absolute Gasteiger partial charge is 0.186 e. The fourth-order valence-electron chi connectivity index (χ4n) is 1.92. The van der Waals surface area contributed by atoms with Gasteiger partial charge in [0, 0.05) is 39.6 Å². The van der Waals surface area contributed by atoms with E-state index in [2.05, 4.69) is 9.88 Å². The van der Waals surface area contributed by atoms with Crippen LogP contribution in [0, 0.1) is 0 Å². The largest absolute Gasteiger partial charge is 0.377 e. The van der Waals surface area contributed by atoms with E-state index < -0.39 is 0 Å². The second-order valence-electron chi connectivity index (χ2n) is 4.02. The van der Waals surface area contributed by atoms with E-state index in [9.17, 15) is 4.79 Å². The van der Waals surface area contributed by atoms with Gasteiger partial charge in [-0.3, -0.25) is 4.79 Å². The lowest BCUT2D eigenvalue weighted by Gasteiger charge is -2.13. The highest BCUT2D eigenvalue weighted by Crippen LogP contribution is 2.26. The van der Waals surface area contributed by atoms with Crippen LogP contribution in [0.4, 0.5) is 5.13 Å². The van der Waals surface area contributed by atoms with Gasteiger partial charge in [-0.15, -0.1) is 11.3 Å². The minimum absolute atomic E-state index is 0.00159. The van der Waals surface area contributed by atoms with E-state index in [1.807, 2.05) is 0 Å². The summed E-state index contributed by atoms with van der Waals surface area (Å²) >= 11 is 1.48. The summed E-state index contributed by atoms with van der Waals surface area (Å²) in [5.41, 5.74) is 0.528. The second-order valence-corrected chi connectivity index (χ2v) is 4.86. The van der Waals surface area contributed by atoms with Crippen molar-refractivity contribution < 1.29 is 14.3 Å². The van der Waals surface area contributed by atoms with Gasteiger partial charge < -0.3 is 14.4 Å². The summed E-state index contributed by atoms with van der Waals surface area (Å²) in [6.07, 6.45) is 0.120. The zero-order valence-electron chi connectivity index (χ0n) is 10.2. The van der Waals surface area contributed by atoms with E-state index in [0.717, 1.165) is 18.2 Å². The first-order valence-electron chi connectivity index (χ1n) is 5.42. The summed E-state index contributed by atoms with van der Waals surface area (Å²) in [5.74, 6) is -0.00159. The lowest BCUT2D eigenvalue weighted by Crippen LogP contribution is -2.27. The SMILES string of the molecule is COC1CN(c2nc(C(C)=O)cs2)CC1OC. The third kappa shape index (κ3) is 2.48. The van der Waals surface area contributed by atoms with Crippen LogP contribution in [0.15, 0.2) is 5.38 Å². The molecule has 0 saturated carbocycles. The number of anilines is 1. The van der Waals surface area contributed by atoms with Gasteiger partial charge in [0.1, 0.15) is 17.9 Å². The summed E-state index contributed by atoms with van der Waals surface area (Å²) in [6.45, 7) is 3.03. The van der Waals surface area contributed by atoms with Crippen LogP contribution in [0.5, 0.6) is 0 Å². The molecule has 94 valence electrons. The number of aromatic nitrogens is 1. The Morgan fingerprint density at radius 2 is 2.00 bits per heavy atom. The van der Waals surface area contributed by atoms with Crippen LogP contribution < -0.4 is 4.90 Å². The Bertz CT molecular complexity index is 395. The van der Waals surface area contributed by atoms with Gasteiger partial charge in [-0.2, -0.15) is 0 Å². The Kier molecular flexibility index (Phi) is 3.76. The molecule has 1 saturated heterocycles. The normalized spacial score (nSPS) is 24.3. The molecule has 2 heterocycles. The first kappa shape index (κ1) is 12.5. The van der Waals surface area contributed by atoms with E-state index >= 15 is 0 Å². The Balaban J connectivity index is 2.10. The summed E-state index contributed by atoms with van der Waals surface area (Å²) in [7, 11) is 3.37. The zero-order chi connectivity index (χ0) is 12.4. The van der Waals surface area contributed by atoms with Crippen LogP contribution in [-0.2, 0) is 9.47 Å². The molecule has 2 atom stereocenters.